The first-order valence-electron chi connectivity index (χ1n) is 4.05. The van der Waals surface area contributed by atoms with Crippen molar-refractivity contribution in [2.24, 2.45) is 0 Å². The number of hydrogen-bond acceptors (Lipinski definition) is 2. The molecule has 2 nitrogen and oxygen atoms in total. The zero-order valence-electron chi connectivity index (χ0n) is 6.42. The van der Waals surface area contributed by atoms with E-state index in [0.717, 1.165) is 25.0 Å². The Hall–Kier alpha value is -0.760. The maximum absolute atomic E-state index is 9.26. The van der Waals surface area contributed by atoms with E-state index in [1.54, 1.807) is 0 Å². The Morgan fingerprint density at radius 2 is 2.45 bits per heavy atom. The van der Waals surface area contributed by atoms with Crippen LogP contribution in [0.25, 0.3) is 0 Å². The topological polar surface area (TPSA) is 29.5 Å². The van der Waals surface area contributed by atoms with Gasteiger partial charge < -0.3 is 9.84 Å². The summed E-state index contributed by atoms with van der Waals surface area (Å²) in [4.78, 5) is 0. The van der Waals surface area contributed by atoms with Gasteiger partial charge in [0.05, 0.1) is 6.10 Å². The van der Waals surface area contributed by atoms with Gasteiger partial charge in [-0.25, -0.2) is 0 Å². The van der Waals surface area contributed by atoms with Crippen LogP contribution >= 0.6 is 0 Å². The smallest absolute Gasteiger partial charge is 0.118 e. The van der Waals surface area contributed by atoms with Crippen molar-refractivity contribution >= 4 is 0 Å². The predicted molar refractivity (Wildman–Crippen MR) is 42.0 cm³/mol. The van der Waals surface area contributed by atoms with Gasteiger partial charge in [-0.05, 0) is 24.5 Å². The van der Waals surface area contributed by atoms with Crippen LogP contribution in [0.1, 0.15) is 19.3 Å². The van der Waals surface area contributed by atoms with Crippen LogP contribution in [0.2, 0.25) is 0 Å². The molecule has 0 radical (unpaired) electrons. The molecule has 0 spiro atoms. The van der Waals surface area contributed by atoms with E-state index in [1.165, 1.54) is 5.57 Å². The quantitative estimate of drug-likeness (QED) is 0.568. The number of hydrogen-bond donors (Lipinski definition) is 1. The highest BCUT2D eigenvalue weighted by Crippen LogP contribution is 2.27. The van der Waals surface area contributed by atoms with Crippen molar-refractivity contribution in [3.8, 4) is 0 Å². The number of allylic oxidation sites excluding steroid dienone is 2. The average Bonchev–Trinajstić information content (AvgIpc) is 2.04. The van der Waals surface area contributed by atoms with Crippen molar-refractivity contribution in [1.29, 1.82) is 0 Å². The van der Waals surface area contributed by atoms with Gasteiger partial charge >= 0.3 is 0 Å². The highest BCUT2D eigenvalue weighted by Gasteiger charge is 2.19. The molecule has 0 aromatic carbocycles. The Morgan fingerprint density at radius 3 is 3.36 bits per heavy atom. The van der Waals surface area contributed by atoms with Crippen molar-refractivity contribution in [2.45, 2.75) is 25.4 Å². The zero-order valence-corrected chi connectivity index (χ0v) is 6.42. The minimum atomic E-state index is -0.278. The molecular weight excluding hydrogens is 140 g/mol. The lowest BCUT2D eigenvalue weighted by Gasteiger charge is -2.25. The zero-order chi connectivity index (χ0) is 7.68. The second kappa shape index (κ2) is 2.70. The van der Waals surface area contributed by atoms with Crippen LogP contribution in [0.15, 0.2) is 23.5 Å². The van der Waals surface area contributed by atoms with Crippen LogP contribution in [-0.4, -0.2) is 17.8 Å². The maximum atomic E-state index is 9.26. The Morgan fingerprint density at radius 1 is 1.55 bits per heavy atom. The highest BCUT2D eigenvalue weighted by atomic mass is 16.5. The van der Waals surface area contributed by atoms with E-state index in [4.69, 9.17) is 4.74 Å². The number of aliphatic hydroxyl groups excluding tert-OH is 1. The average molecular weight is 152 g/mol. The summed E-state index contributed by atoms with van der Waals surface area (Å²) in [6, 6.07) is 0. The minimum absolute atomic E-state index is 0.278. The molecular formula is C9H12O2. The third-order valence-corrected chi connectivity index (χ3v) is 2.14. The SMILES string of the molecule is OC1COC2=C(CCC=C2)C1. The Labute approximate surface area is 66.2 Å². The summed E-state index contributed by atoms with van der Waals surface area (Å²) in [6.45, 7) is 0.461. The van der Waals surface area contributed by atoms with Crippen LogP contribution in [0.3, 0.4) is 0 Å². The first kappa shape index (κ1) is 6.92. The summed E-state index contributed by atoms with van der Waals surface area (Å²) in [6.07, 6.45) is 6.82. The molecule has 60 valence electrons. The normalized spacial score (nSPS) is 29.7. The van der Waals surface area contributed by atoms with Crippen molar-refractivity contribution in [1.82, 2.24) is 0 Å². The van der Waals surface area contributed by atoms with E-state index in [9.17, 15) is 5.11 Å². The molecule has 1 aliphatic carbocycles. The van der Waals surface area contributed by atoms with Crippen molar-refractivity contribution < 1.29 is 9.84 Å². The van der Waals surface area contributed by atoms with Crippen LogP contribution in [0.4, 0.5) is 0 Å². The molecule has 11 heavy (non-hydrogen) atoms. The van der Waals surface area contributed by atoms with Crippen molar-refractivity contribution in [2.75, 3.05) is 6.61 Å². The lowest BCUT2D eigenvalue weighted by Crippen LogP contribution is -2.22. The summed E-state index contributed by atoms with van der Waals surface area (Å²) in [7, 11) is 0. The Balaban J connectivity index is 2.19. The molecule has 0 amide bonds. The summed E-state index contributed by atoms with van der Waals surface area (Å²) in [5, 5.41) is 9.26. The molecule has 0 aromatic rings. The summed E-state index contributed by atoms with van der Waals surface area (Å²) in [5.41, 5.74) is 1.28. The summed E-state index contributed by atoms with van der Waals surface area (Å²) in [5.74, 6) is 1.00. The van der Waals surface area contributed by atoms with Crippen LogP contribution in [0.5, 0.6) is 0 Å². The monoisotopic (exact) mass is 152 g/mol. The second-order valence-electron chi connectivity index (χ2n) is 3.08. The molecule has 0 saturated heterocycles. The van der Waals surface area contributed by atoms with E-state index >= 15 is 0 Å². The van der Waals surface area contributed by atoms with Crippen LogP contribution in [-0.2, 0) is 4.74 Å². The molecule has 1 aliphatic heterocycles. The van der Waals surface area contributed by atoms with E-state index in [1.807, 2.05) is 6.08 Å². The third-order valence-electron chi connectivity index (χ3n) is 2.14. The van der Waals surface area contributed by atoms with Crippen molar-refractivity contribution in [3.05, 3.63) is 23.5 Å². The standard InChI is InChI=1S/C9H12O2/c10-8-5-7-3-1-2-4-9(7)11-6-8/h2,4,8,10H,1,3,5-6H2. The van der Waals surface area contributed by atoms with E-state index < -0.39 is 0 Å². The molecule has 1 atom stereocenters. The first-order valence-corrected chi connectivity index (χ1v) is 4.05. The van der Waals surface area contributed by atoms with Gasteiger partial charge in [-0.2, -0.15) is 0 Å². The van der Waals surface area contributed by atoms with Gasteiger partial charge in [0.2, 0.25) is 0 Å². The fourth-order valence-corrected chi connectivity index (χ4v) is 1.57. The third kappa shape index (κ3) is 1.31. The summed E-state index contributed by atoms with van der Waals surface area (Å²) >= 11 is 0. The van der Waals surface area contributed by atoms with Crippen LogP contribution < -0.4 is 0 Å². The molecule has 1 unspecified atom stereocenters. The van der Waals surface area contributed by atoms with Crippen molar-refractivity contribution in [3.63, 3.8) is 0 Å². The fraction of sp³-hybridized carbons (Fsp3) is 0.556. The van der Waals surface area contributed by atoms with Gasteiger partial charge in [0, 0.05) is 6.42 Å². The van der Waals surface area contributed by atoms with E-state index in [2.05, 4.69) is 6.08 Å². The van der Waals surface area contributed by atoms with Gasteiger partial charge in [-0.15, -0.1) is 0 Å². The lowest BCUT2D eigenvalue weighted by atomic mass is 9.96. The van der Waals surface area contributed by atoms with E-state index in [0.29, 0.717) is 6.61 Å². The van der Waals surface area contributed by atoms with Crippen LogP contribution in [0, 0.1) is 0 Å². The molecule has 1 heterocycles. The molecule has 0 saturated carbocycles. The Bertz CT molecular complexity index is 216. The maximum Gasteiger partial charge on any atom is 0.118 e. The van der Waals surface area contributed by atoms with E-state index in [-0.39, 0.29) is 6.10 Å². The molecule has 0 bridgehead atoms. The molecule has 2 rings (SSSR count). The molecule has 2 heteroatoms. The predicted octanol–water partition coefficient (Wildman–Crippen LogP) is 1.37. The largest absolute Gasteiger partial charge is 0.491 e. The first-order chi connectivity index (χ1) is 5.36. The van der Waals surface area contributed by atoms with Gasteiger partial charge in [0.1, 0.15) is 12.4 Å². The molecule has 2 aliphatic rings. The fourth-order valence-electron chi connectivity index (χ4n) is 1.57. The molecule has 1 N–H and O–H groups in total. The minimum Gasteiger partial charge on any atom is -0.491 e. The number of rotatable bonds is 0. The highest BCUT2D eigenvalue weighted by molar-refractivity contribution is 5.26. The molecule has 0 aromatic heterocycles. The number of ether oxygens (including phenoxy) is 1. The summed E-state index contributed by atoms with van der Waals surface area (Å²) < 4.78 is 5.34. The van der Waals surface area contributed by atoms with Gasteiger partial charge in [0.25, 0.3) is 0 Å². The lowest BCUT2D eigenvalue weighted by molar-refractivity contribution is 0.0560. The molecule has 0 fully saturated rings. The number of aliphatic hydroxyl groups is 1. The second-order valence-corrected chi connectivity index (χ2v) is 3.08. The van der Waals surface area contributed by atoms with Gasteiger partial charge in [-0.3, -0.25) is 0 Å². The van der Waals surface area contributed by atoms with Gasteiger partial charge in [0.15, 0.2) is 0 Å². The Kier molecular flexibility index (Phi) is 1.70. The van der Waals surface area contributed by atoms with Gasteiger partial charge in [-0.1, -0.05) is 6.08 Å².